The van der Waals surface area contributed by atoms with Crippen LogP contribution in [0, 0.1) is 0 Å². The number of fused-ring (bicyclic) bond motifs is 1. The lowest BCUT2D eigenvalue weighted by atomic mass is 9.94. The highest BCUT2D eigenvalue weighted by Crippen LogP contribution is 2.34. The van der Waals surface area contributed by atoms with Crippen LogP contribution in [0.1, 0.15) is 50.7 Å². The molecule has 0 spiro atoms. The number of benzene rings is 2. The maximum Gasteiger partial charge on any atom is 0.317 e. The summed E-state index contributed by atoms with van der Waals surface area (Å²) in [6.07, 6.45) is 1.78. The summed E-state index contributed by atoms with van der Waals surface area (Å²) in [6.45, 7) is 9.61. The summed E-state index contributed by atoms with van der Waals surface area (Å²) in [6, 6.07) is 14.6. The second kappa shape index (κ2) is 8.17. The lowest BCUT2D eigenvalue weighted by Gasteiger charge is -2.20. The van der Waals surface area contributed by atoms with Gasteiger partial charge in [-0.05, 0) is 29.0 Å². The van der Waals surface area contributed by atoms with E-state index in [4.69, 9.17) is 9.47 Å². The molecule has 26 heavy (non-hydrogen) atoms. The average Bonchev–Trinajstić information content (AvgIpc) is 2.64. The minimum Gasteiger partial charge on any atom is -0.489 e. The van der Waals surface area contributed by atoms with Gasteiger partial charge in [-0.1, -0.05) is 64.1 Å². The molecule has 0 saturated heterocycles. The van der Waals surface area contributed by atoms with Gasteiger partial charge in [0.25, 0.3) is 0 Å². The predicted molar refractivity (Wildman–Crippen MR) is 105 cm³/mol. The van der Waals surface area contributed by atoms with Crippen LogP contribution in [0.4, 0.5) is 0 Å². The van der Waals surface area contributed by atoms with E-state index in [1.807, 2.05) is 24.3 Å². The zero-order valence-corrected chi connectivity index (χ0v) is 15.9. The molecular weight excluding hydrogens is 324 g/mol. The molecule has 4 nitrogen and oxygen atoms in total. The molecule has 136 valence electrons. The summed E-state index contributed by atoms with van der Waals surface area (Å²) >= 11 is 0. The lowest BCUT2D eigenvalue weighted by Crippen LogP contribution is -2.13. The fourth-order valence-electron chi connectivity index (χ4n) is 2.95. The molecular formula is C22H26N2O2. The molecule has 1 aromatic heterocycles. The van der Waals surface area contributed by atoms with E-state index in [2.05, 4.69) is 55.9 Å². The van der Waals surface area contributed by atoms with E-state index in [9.17, 15) is 0 Å². The van der Waals surface area contributed by atoms with Gasteiger partial charge >= 0.3 is 6.01 Å². The van der Waals surface area contributed by atoms with Gasteiger partial charge in [-0.3, -0.25) is 0 Å². The van der Waals surface area contributed by atoms with Crippen molar-refractivity contribution in [1.82, 2.24) is 9.97 Å². The molecule has 0 radical (unpaired) electrons. The topological polar surface area (TPSA) is 44.2 Å². The Morgan fingerprint density at radius 2 is 1.46 bits per heavy atom. The van der Waals surface area contributed by atoms with Gasteiger partial charge in [-0.2, -0.15) is 4.98 Å². The van der Waals surface area contributed by atoms with Gasteiger partial charge in [0, 0.05) is 11.6 Å². The number of ether oxygens (including phenoxy) is 2. The molecule has 3 rings (SSSR count). The highest BCUT2D eigenvalue weighted by molar-refractivity contribution is 5.77. The Kier molecular flexibility index (Phi) is 5.71. The third-order valence-electron chi connectivity index (χ3n) is 4.35. The summed E-state index contributed by atoms with van der Waals surface area (Å²) in [7, 11) is 0. The molecule has 0 aliphatic heterocycles. The van der Waals surface area contributed by atoms with Crippen molar-refractivity contribution in [3.8, 4) is 11.8 Å². The predicted octanol–water partition coefficient (Wildman–Crippen LogP) is 5.33. The molecule has 1 heterocycles. The van der Waals surface area contributed by atoms with E-state index in [0.717, 1.165) is 16.7 Å². The fourth-order valence-corrected chi connectivity index (χ4v) is 2.95. The first-order valence-corrected chi connectivity index (χ1v) is 9.16. The van der Waals surface area contributed by atoms with Crippen molar-refractivity contribution in [2.45, 2.75) is 39.5 Å². The van der Waals surface area contributed by atoms with Crippen molar-refractivity contribution in [3.63, 3.8) is 0 Å². The summed E-state index contributed by atoms with van der Waals surface area (Å²) in [5.74, 6) is 1.81. The zero-order valence-electron chi connectivity index (χ0n) is 15.9. The summed E-state index contributed by atoms with van der Waals surface area (Å²) < 4.78 is 11.8. The quantitative estimate of drug-likeness (QED) is 0.540. The molecule has 0 amide bonds. The average molecular weight is 350 g/mol. The normalized spacial score (nSPS) is 11.3. The van der Waals surface area contributed by atoms with Gasteiger partial charge < -0.3 is 9.47 Å². The second-order valence-electron chi connectivity index (χ2n) is 6.98. The Bertz CT molecular complexity index is 849. The number of hydrogen-bond acceptors (Lipinski definition) is 4. The van der Waals surface area contributed by atoms with Crippen LogP contribution >= 0.6 is 0 Å². The van der Waals surface area contributed by atoms with Crippen molar-refractivity contribution in [1.29, 1.82) is 0 Å². The second-order valence-corrected chi connectivity index (χ2v) is 6.98. The summed E-state index contributed by atoms with van der Waals surface area (Å²) in [4.78, 5) is 8.68. The van der Waals surface area contributed by atoms with Crippen LogP contribution < -0.4 is 9.47 Å². The third-order valence-corrected chi connectivity index (χ3v) is 4.35. The molecule has 4 heteroatoms. The van der Waals surface area contributed by atoms with Crippen LogP contribution in [0.3, 0.4) is 0 Å². The van der Waals surface area contributed by atoms with Crippen LogP contribution in [0.25, 0.3) is 10.9 Å². The minimum absolute atomic E-state index is 0.383. The van der Waals surface area contributed by atoms with Crippen LogP contribution in [0.15, 0.2) is 48.7 Å². The Morgan fingerprint density at radius 1 is 0.808 bits per heavy atom. The van der Waals surface area contributed by atoms with Crippen molar-refractivity contribution in [2.75, 3.05) is 13.2 Å². The van der Waals surface area contributed by atoms with E-state index in [0.29, 0.717) is 31.1 Å². The largest absolute Gasteiger partial charge is 0.489 e. The van der Waals surface area contributed by atoms with E-state index in [1.165, 1.54) is 11.1 Å². The smallest absolute Gasteiger partial charge is 0.317 e. The molecule has 0 bridgehead atoms. The SMILES string of the molecule is CC(C)c1cccc(C(C)C)c1OCCOc1ncc2ccccc2n1. The number of aromatic nitrogens is 2. The molecule has 0 N–H and O–H groups in total. The zero-order chi connectivity index (χ0) is 18.5. The maximum absolute atomic E-state index is 6.12. The fraction of sp³-hybridized carbons (Fsp3) is 0.364. The van der Waals surface area contributed by atoms with Crippen molar-refractivity contribution in [3.05, 3.63) is 59.8 Å². The van der Waals surface area contributed by atoms with Crippen molar-refractivity contribution in [2.24, 2.45) is 0 Å². The van der Waals surface area contributed by atoms with Crippen LogP contribution in [0.5, 0.6) is 11.8 Å². The number of hydrogen-bond donors (Lipinski definition) is 0. The highest BCUT2D eigenvalue weighted by Gasteiger charge is 2.15. The molecule has 3 aromatic rings. The first-order valence-electron chi connectivity index (χ1n) is 9.16. The van der Waals surface area contributed by atoms with Gasteiger partial charge in [0.1, 0.15) is 19.0 Å². The van der Waals surface area contributed by atoms with Crippen LogP contribution in [-0.2, 0) is 0 Å². The summed E-state index contributed by atoms with van der Waals surface area (Å²) in [5.41, 5.74) is 3.35. The molecule has 0 aliphatic rings. The Morgan fingerprint density at radius 3 is 2.15 bits per heavy atom. The number of para-hydroxylation sites is 2. The molecule has 0 saturated carbocycles. The van der Waals surface area contributed by atoms with Gasteiger partial charge in [0.15, 0.2) is 0 Å². The van der Waals surface area contributed by atoms with Gasteiger partial charge in [-0.25, -0.2) is 4.98 Å². The molecule has 0 unspecified atom stereocenters. The maximum atomic E-state index is 6.12. The first-order chi connectivity index (χ1) is 12.6. The third kappa shape index (κ3) is 4.13. The van der Waals surface area contributed by atoms with Gasteiger partial charge in [0.05, 0.1) is 5.52 Å². The summed E-state index contributed by atoms with van der Waals surface area (Å²) in [5, 5.41) is 1.00. The first kappa shape index (κ1) is 18.2. The van der Waals surface area contributed by atoms with E-state index < -0.39 is 0 Å². The standard InChI is InChI=1S/C22H26N2O2/c1-15(2)18-9-7-10-19(16(3)4)21(18)25-12-13-26-22-23-14-17-8-5-6-11-20(17)24-22/h5-11,14-16H,12-13H2,1-4H3. The van der Waals surface area contributed by atoms with E-state index >= 15 is 0 Å². The minimum atomic E-state index is 0.383. The Labute approximate surface area is 155 Å². The molecule has 0 atom stereocenters. The number of rotatable bonds is 7. The highest BCUT2D eigenvalue weighted by atomic mass is 16.5. The molecule has 0 aliphatic carbocycles. The van der Waals surface area contributed by atoms with Gasteiger partial charge in [-0.15, -0.1) is 0 Å². The van der Waals surface area contributed by atoms with Crippen LogP contribution in [-0.4, -0.2) is 23.2 Å². The van der Waals surface area contributed by atoms with Crippen molar-refractivity contribution < 1.29 is 9.47 Å². The van der Waals surface area contributed by atoms with Crippen LogP contribution in [0.2, 0.25) is 0 Å². The Hall–Kier alpha value is -2.62. The molecule has 2 aromatic carbocycles. The number of nitrogens with zero attached hydrogens (tertiary/aromatic N) is 2. The molecule has 0 fully saturated rings. The van der Waals surface area contributed by atoms with Crippen molar-refractivity contribution >= 4 is 10.9 Å². The lowest BCUT2D eigenvalue weighted by molar-refractivity contribution is 0.203. The van der Waals surface area contributed by atoms with Gasteiger partial charge in [0.2, 0.25) is 0 Å². The monoisotopic (exact) mass is 350 g/mol. The van der Waals surface area contributed by atoms with E-state index in [1.54, 1.807) is 6.20 Å². The Balaban J connectivity index is 1.66. The van der Waals surface area contributed by atoms with E-state index in [-0.39, 0.29) is 0 Å².